The van der Waals surface area contributed by atoms with Gasteiger partial charge in [0.2, 0.25) is 0 Å². The maximum absolute atomic E-state index is 11.3. The first-order chi connectivity index (χ1) is 8.47. The Labute approximate surface area is 110 Å². The van der Waals surface area contributed by atoms with Crippen molar-refractivity contribution in [3.63, 3.8) is 0 Å². The van der Waals surface area contributed by atoms with Gasteiger partial charge in [-0.2, -0.15) is 0 Å². The van der Waals surface area contributed by atoms with Gasteiger partial charge in [-0.15, -0.1) is 0 Å². The highest BCUT2D eigenvalue weighted by Crippen LogP contribution is 2.19. The Morgan fingerprint density at radius 3 is 2.72 bits per heavy atom. The van der Waals surface area contributed by atoms with Crippen molar-refractivity contribution in [2.45, 2.75) is 19.1 Å². The van der Waals surface area contributed by atoms with E-state index in [-0.39, 0.29) is 11.6 Å². The van der Waals surface area contributed by atoms with Crippen molar-refractivity contribution in [2.75, 3.05) is 6.61 Å². The first kappa shape index (κ1) is 14.6. The second kappa shape index (κ2) is 6.44. The van der Waals surface area contributed by atoms with Gasteiger partial charge in [0.05, 0.1) is 6.61 Å². The molecule has 0 saturated carbocycles. The molecule has 0 spiro atoms. The molecule has 5 nitrogen and oxygen atoms in total. The van der Waals surface area contributed by atoms with Crippen LogP contribution in [0.15, 0.2) is 24.3 Å². The number of aliphatic hydroxyl groups is 2. The van der Waals surface area contributed by atoms with Crippen LogP contribution < -0.4 is 5.73 Å². The standard InChI is InChI=1S/C12H15NO4S/c1-2-17-12(16)10(15)9(14)7-4-3-5-8(6-7)11(13)18/h3-6,9-10,14-15H,2H2,1H3,(H2,13,18). The predicted octanol–water partition coefficient (Wildman–Crippen LogP) is 0.278. The average molecular weight is 269 g/mol. The number of carbonyl (C=O) groups excluding carboxylic acids is 1. The molecule has 4 N–H and O–H groups in total. The number of ether oxygens (including phenoxy) is 1. The van der Waals surface area contributed by atoms with Gasteiger partial charge in [0.25, 0.3) is 0 Å². The van der Waals surface area contributed by atoms with Crippen LogP contribution in [0.5, 0.6) is 0 Å². The van der Waals surface area contributed by atoms with Gasteiger partial charge < -0.3 is 20.7 Å². The summed E-state index contributed by atoms with van der Waals surface area (Å²) in [6.07, 6.45) is -3.01. The molecule has 18 heavy (non-hydrogen) atoms. The van der Waals surface area contributed by atoms with Crippen LogP contribution in [0.2, 0.25) is 0 Å². The smallest absolute Gasteiger partial charge is 0.338 e. The summed E-state index contributed by atoms with van der Waals surface area (Å²) in [4.78, 5) is 11.5. The Hall–Kier alpha value is -1.50. The highest BCUT2D eigenvalue weighted by molar-refractivity contribution is 7.80. The Bertz CT molecular complexity index is 449. The number of hydrogen-bond donors (Lipinski definition) is 3. The van der Waals surface area contributed by atoms with E-state index in [9.17, 15) is 15.0 Å². The molecule has 0 aliphatic heterocycles. The molecule has 0 aliphatic carbocycles. The Morgan fingerprint density at radius 2 is 2.17 bits per heavy atom. The van der Waals surface area contributed by atoms with E-state index in [4.69, 9.17) is 18.0 Å². The Kier molecular flexibility index (Phi) is 5.21. The number of aliphatic hydroxyl groups excluding tert-OH is 2. The molecule has 1 rings (SSSR count). The average Bonchev–Trinajstić information content (AvgIpc) is 2.37. The van der Waals surface area contributed by atoms with Crippen LogP contribution in [-0.4, -0.2) is 33.9 Å². The molecule has 0 radical (unpaired) electrons. The van der Waals surface area contributed by atoms with Gasteiger partial charge >= 0.3 is 5.97 Å². The molecular weight excluding hydrogens is 254 g/mol. The minimum Gasteiger partial charge on any atom is -0.464 e. The molecule has 0 aliphatic rings. The summed E-state index contributed by atoms with van der Waals surface area (Å²) >= 11 is 4.81. The molecule has 1 aromatic rings. The molecule has 1 aromatic carbocycles. The van der Waals surface area contributed by atoms with Gasteiger partial charge in [-0.3, -0.25) is 0 Å². The monoisotopic (exact) mass is 269 g/mol. The summed E-state index contributed by atoms with van der Waals surface area (Å²) in [7, 11) is 0. The summed E-state index contributed by atoms with van der Waals surface area (Å²) < 4.78 is 4.62. The van der Waals surface area contributed by atoms with Gasteiger partial charge in [0, 0.05) is 5.56 Å². The van der Waals surface area contributed by atoms with Gasteiger partial charge in [-0.25, -0.2) is 4.79 Å². The van der Waals surface area contributed by atoms with Crippen LogP contribution in [0, 0.1) is 0 Å². The number of carbonyl (C=O) groups is 1. The first-order valence-corrected chi connectivity index (χ1v) is 5.80. The number of hydrogen-bond acceptors (Lipinski definition) is 5. The summed E-state index contributed by atoms with van der Waals surface area (Å²) in [5, 5.41) is 19.5. The van der Waals surface area contributed by atoms with Crippen molar-refractivity contribution < 1.29 is 19.7 Å². The van der Waals surface area contributed by atoms with Crippen molar-refractivity contribution >= 4 is 23.2 Å². The van der Waals surface area contributed by atoms with Crippen LogP contribution >= 0.6 is 12.2 Å². The Balaban J connectivity index is 2.89. The van der Waals surface area contributed by atoms with E-state index in [1.165, 1.54) is 6.07 Å². The number of rotatable bonds is 5. The zero-order valence-corrected chi connectivity index (χ0v) is 10.7. The zero-order valence-electron chi connectivity index (χ0n) is 9.87. The molecule has 0 bridgehead atoms. The van der Waals surface area contributed by atoms with E-state index in [2.05, 4.69) is 4.74 Å². The molecule has 0 fully saturated rings. The van der Waals surface area contributed by atoms with Crippen molar-refractivity contribution in [2.24, 2.45) is 5.73 Å². The van der Waals surface area contributed by atoms with Crippen molar-refractivity contribution in [1.29, 1.82) is 0 Å². The van der Waals surface area contributed by atoms with Crippen LogP contribution in [0.1, 0.15) is 24.2 Å². The van der Waals surface area contributed by atoms with E-state index in [0.717, 1.165) is 0 Å². The summed E-state index contributed by atoms with van der Waals surface area (Å²) in [6.45, 7) is 1.75. The second-order valence-electron chi connectivity index (χ2n) is 3.63. The maximum atomic E-state index is 11.3. The third kappa shape index (κ3) is 3.49. The normalized spacial score (nSPS) is 13.7. The lowest BCUT2D eigenvalue weighted by molar-refractivity contribution is -0.159. The quantitative estimate of drug-likeness (QED) is 0.525. The topological polar surface area (TPSA) is 92.8 Å². The molecular formula is C12H15NO4S. The number of thiocarbonyl (C=S) groups is 1. The molecule has 0 saturated heterocycles. The van der Waals surface area contributed by atoms with Gasteiger partial charge in [-0.05, 0) is 18.6 Å². The second-order valence-corrected chi connectivity index (χ2v) is 4.07. The molecule has 0 heterocycles. The zero-order chi connectivity index (χ0) is 13.7. The first-order valence-electron chi connectivity index (χ1n) is 5.40. The lowest BCUT2D eigenvalue weighted by Crippen LogP contribution is -2.30. The largest absolute Gasteiger partial charge is 0.464 e. The highest BCUT2D eigenvalue weighted by Gasteiger charge is 2.27. The van der Waals surface area contributed by atoms with E-state index < -0.39 is 18.2 Å². The number of benzene rings is 1. The SMILES string of the molecule is CCOC(=O)C(O)C(O)c1cccc(C(N)=S)c1. The fourth-order valence-electron chi connectivity index (χ4n) is 1.41. The minimum atomic E-state index is -1.63. The number of nitrogens with two attached hydrogens (primary N) is 1. The fourth-order valence-corrected chi connectivity index (χ4v) is 1.54. The predicted molar refractivity (Wildman–Crippen MR) is 69.9 cm³/mol. The minimum absolute atomic E-state index is 0.134. The van der Waals surface area contributed by atoms with E-state index in [0.29, 0.717) is 11.1 Å². The van der Waals surface area contributed by atoms with Gasteiger partial charge in [0.15, 0.2) is 6.10 Å². The molecule has 0 amide bonds. The van der Waals surface area contributed by atoms with E-state index in [1.807, 2.05) is 0 Å². The van der Waals surface area contributed by atoms with Gasteiger partial charge in [0.1, 0.15) is 11.1 Å². The van der Waals surface area contributed by atoms with Crippen molar-refractivity contribution in [3.05, 3.63) is 35.4 Å². The lowest BCUT2D eigenvalue weighted by atomic mass is 10.0. The molecule has 2 atom stereocenters. The van der Waals surface area contributed by atoms with Crippen LogP contribution in [-0.2, 0) is 9.53 Å². The fraction of sp³-hybridized carbons (Fsp3) is 0.333. The van der Waals surface area contributed by atoms with Crippen LogP contribution in [0.4, 0.5) is 0 Å². The molecule has 98 valence electrons. The molecule has 2 unspecified atom stereocenters. The summed E-state index contributed by atoms with van der Waals surface area (Å²) in [5.74, 6) is -0.870. The lowest BCUT2D eigenvalue weighted by Gasteiger charge is -2.17. The van der Waals surface area contributed by atoms with Crippen LogP contribution in [0.3, 0.4) is 0 Å². The summed E-state index contributed by atoms with van der Waals surface area (Å²) in [6, 6.07) is 6.39. The molecule has 0 aromatic heterocycles. The van der Waals surface area contributed by atoms with Crippen LogP contribution in [0.25, 0.3) is 0 Å². The molecule has 6 heteroatoms. The maximum Gasteiger partial charge on any atom is 0.338 e. The van der Waals surface area contributed by atoms with Gasteiger partial charge in [-0.1, -0.05) is 30.4 Å². The van der Waals surface area contributed by atoms with Crippen molar-refractivity contribution in [3.8, 4) is 0 Å². The highest BCUT2D eigenvalue weighted by atomic mass is 32.1. The Morgan fingerprint density at radius 1 is 1.50 bits per heavy atom. The van der Waals surface area contributed by atoms with E-state index >= 15 is 0 Å². The third-order valence-corrected chi connectivity index (χ3v) is 2.58. The van der Waals surface area contributed by atoms with E-state index in [1.54, 1.807) is 25.1 Å². The number of esters is 1. The third-order valence-electron chi connectivity index (χ3n) is 2.34. The summed E-state index contributed by atoms with van der Waals surface area (Å²) in [5.41, 5.74) is 6.36. The van der Waals surface area contributed by atoms with Crippen molar-refractivity contribution in [1.82, 2.24) is 0 Å².